The number of nitrogens with zero attached hydrogens (tertiary/aromatic N) is 1. The van der Waals surface area contributed by atoms with Crippen LogP contribution in [0, 0.1) is 0 Å². The van der Waals surface area contributed by atoms with E-state index in [2.05, 4.69) is 18.7 Å². The molecule has 0 saturated heterocycles. The van der Waals surface area contributed by atoms with Crippen LogP contribution in [0.1, 0.15) is 44.0 Å². The van der Waals surface area contributed by atoms with Gasteiger partial charge in [0.15, 0.2) is 5.78 Å². The maximum Gasteiger partial charge on any atom is 0.181 e. The Morgan fingerprint density at radius 2 is 1.79 bits per heavy atom. The van der Waals surface area contributed by atoms with E-state index in [1.54, 1.807) is 18.2 Å². The molecule has 2 nitrogen and oxygen atoms in total. The number of carbonyl (C=O) groups is 1. The van der Waals surface area contributed by atoms with E-state index in [4.69, 9.17) is 23.2 Å². The second-order valence-electron chi connectivity index (χ2n) is 4.70. The van der Waals surface area contributed by atoms with Crippen molar-refractivity contribution in [1.29, 1.82) is 0 Å². The molecule has 1 atom stereocenters. The molecule has 1 unspecified atom stereocenters. The monoisotopic (exact) mass is 301 g/mol. The number of benzene rings is 1. The SMILES string of the molecule is CCCN(CCC)C(C)C(=O)c1ccc(Cl)cc1Cl. The summed E-state index contributed by atoms with van der Waals surface area (Å²) in [5.41, 5.74) is 0.552. The summed E-state index contributed by atoms with van der Waals surface area (Å²) in [6.45, 7) is 8.03. The minimum Gasteiger partial charge on any atom is -0.294 e. The number of carbonyl (C=O) groups excluding carboxylic acids is 1. The lowest BCUT2D eigenvalue weighted by molar-refractivity contribution is 0.0838. The van der Waals surface area contributed by atoms with E-state index in [-0.39, 0.29) is 11.8 Å². The van der Waals surface area contributed by atoms with E-state index in [9.17, 15) is 4.79 Å². The van der Waals surface area contributed by atoms with Crippen LogP contribution in [0.15, 0.2) is 18.2 Å². The van der Waals surface area contributed by atoms with Crippen molar-refractivity contribution in [2.45, 2.75) is 39.7 Å². The summed E-state index contributed by atoms with van der Waals surface area (Å²) < 4.78 is 0. The van der Waals surface area contributed by atoms with Crippen molar-refractivity contribution in [2.24, 2.45) is 0 Å². The highest BCUT2D eigenvalue weighted by atomic mass is 35.5. The van der Waals surface area contributed by atoms with Crippen LogP contribution < -0.4 is 0 Å². The average Bonchev–Trinajstić information content (AvgIpc) is 2.37. The van der Waals surface area contributed by atoms with Gasteiger partial charge in [-0.25, -0.2) is 0 Å². The van der Waals surface area contributed by atoms with Gasteiger partial charge in [-0.05, 0) is 51.1 Å². The topological polar surface area (TPSA) is 20.3 Å². The van der Waals surface area contributed by atoms with Crippen LogP contribution in [0.5, 0.6) is 0 Å². The summed E-state index contributed by atoms with van der Waals surface area (Å²) in [4.78, 5) is 14.7. The van der Waals surface area contributed by atoms with Gasteiger partial charge in [0.2, 0.25) is 0 Å². The Hall–Kier alpha value is -0.570. The standard InChI is InChI=1S/C15H21Cl2NO/c1-4-8-18(9-5-2)11(3)15(19)13-7-6-12(16)10-14(13)17/h6-7,10-11H,4-5,8-9H2,1-3H3. The third kappa shape index (κ3) is 4.48. The smallest absolute Gasteiger partial charge is 0.181 e. The predicted octanol–water partition coefficient (Wildman–Crippen LogP) is 4.69. The van der Waals surface area contributed by atoms with Crippen molar-refractivity contribution >= 4 is 29.0 Å². The molecule has 0 fully saturated rings. The first-order valence-electron chi connectivity index (χ1n) is 6.74. The molecule has 4 heteroatoms. The van der Waals surface area contributed by atoms with E-state index in [0.717, 1.165) is 25.9 Å². The zero-order chi connectivity index (χ0) is 14.4. The van der Waals surface area contributed by atoms with Crippen LogP contribution in [-0.2, 0) is 0 Å². The lowest BCUT2D eigenvalue weighted by Gasteiger charge is -2.27. The first-order chi connectivity index (χ1) is 9.01. The molecule has 0 N–H and O–H groups in total. The quantitative estimate of drug-likeness (QED) is 0.681. The van der Waals surface area contributed by atoms with Gasteiger partial charge in [-0.15, -0.1) is 0 Å². The predicted molar refractivity (Wildman–Crippen MR) is 82.4 cm³/mol. The fraction of sp³-hybridized carbons (Fsp3) is 0.533. The van der Waals surface area contributed by atoms with Crippen LogP contribution >= 0.6 is 23.2 Å². The molecule has 19 heavy (non-hydrogen) atoms. The molecule has 0 heterocycles. The Morgan fingerprint density at radius 1 is 1.21 bits per heavy atom. The summed E-state index contributed by atoms with van der Waals surface area (Å²) in [6, 6.07) is 4.88. The number of ketones is 1. The molecule has 0 aliphatic rings. The third-order valence-corrected chi connectivity index (χ3v) is 3.69. The average molecular weight is 302 g/mol. The lowest BCUT2D eigenvalue weighted by atomic mass is 10.0. The Labute approximate surface area is 125 Å². The fourth-order valence-electron chi connectivity index (χ4n) is 2.15. The number of halogens is 2. The summed E-state index contributed by atoms with van der Waals surface area (Å²) in [7, 11) is 0. The second-order valence-corrected chi connectivity index (χ2v) is 5.54. The molecule has 0 aliphatic heterocycles. The molecule has 0 radical (unpaired) electrons. The highest BCUT2D eigenvalue weighted by Gasteiger charge is 2.23. The normalized spacial score (nSPS) is 12.7. The first-order valence-corrected chi connectivity index (χ1v) is 7.50. The van der Waals surface area contributed by atoms with Gasteiger partial charge in [-0.3, -0.25) is 9.69 Å². The van der Waals surface area contributed by atoms with Crippen molar-refractivity contribution in [3.8, 4) is 0 Å². The minimum atomic E-state index is -0.154. The van der Waals surface area contributed by atoms with E-state index in [1.165, 1.54) is 0 Å². The number of Topliss-reactive ketones (excluding diaryl/α,β-unsaturated/α-hetero) is 1. The molecule has 0 spiro atoms. The summed E-state index contributed by atoms with van der Waals surface area (Å²) in [5, 5.41) is 0.977. The first kappa shape index (κ1) is 16.5. The molecule has 0 bridgehead atoms. The summed E-state index contributed by atoms with van der Waals surface area (Å²) in [5.74, 6) is 0.0589. The molecule has 0 aliphatic carbocycles. The van der Waals surface area contributed by atoms with Gasteiger partial charge >= 0.3 is 0 Å². The fourth-order valence-corrected chi connectivity index (χ4v) is 2.66. The van der Waals surface area contributed by atoms with Gasteiger partial charge < -0.3 is 0 Å². The Kier molecular flexibility index (Phi) is 6.84. The number of hydrogen-bond donors (Lipinski definition) is 0. The van der Waals surface area contributed by atoms with Crippen molar-refractivity contribution < 1.29 is 4.79 Å². The number of rotatable bonds is 7. The lowest BCUT2D eigenvalue weighted by Crippen LogP contribution is -2.40. The van der Waals surface area contributed by atoms with E-state index in [1.807, 2.05) is 6.92 Å². The number of hydrogen-bond acceptors (Lipinski definition) is 2. The molecular weight excluding hydrogens is 281 g/mol. The molecule has 0 aromatic heterocycles. The maximum absolute atomic E-state index is 12.5. The van der Waals surface area contributed by atoms with Crippen LogP contribution in [0.3, 0.4) is 0 Å². The van der Waals surface area contributed by atoms with Gasteiger partial charge in [0.25, 0.3) is 0 Å². The Balaban J connectivity index is 2.90. The van der Waals surface area contributed by atoms with Gasteiger partial charge in [0.1, 0.15) is 0 Å². The van der Waals surface area contributed by atoms with Crippen LogP contribution in [0.25, 0.3) is 0 Å². The largest absolute Gasteiger partial charge is 0.294 e. The van der Waals surface area contributed by atoms with Crippen molar-refractivity contribution in [3.05, 3.63) is 33.8 Å². The molecule has 1 rings (SSSR count). The third-order valence-electron chi connectivity index (χ3n) is 3.15. The molecule has 0 amide bonds. The minimum absolute atomic E-state index is 0.0589. The zero-order valence-electron chi connectivity index (χ0n) is 11.7. The maximum atomic E-state index is 12.5. The molecular formula is C15H21Cl2NO. The Bertz CT molecular complexity index is 428. The van der Waals surface area contributed by atoms with Crippen molar-refractivity contribution in [3.63, 3.8) is 0 Å². The van der Waals surface area contributed by atoms with Crippen LogP contribution in [0.4, 0.5) is 0 Å². The summed E-state index contributed by atoms with van der Waals surface area (Å²) in [6.07, 6.45) is 2.07. The molecule has 0 saturated carbocycles. The highest BCUT2D eigenvalue weighted by Crippen LogP contribution is 2.23. The van der Waals surface area contributed by atoms with E-state index >= 15 is 0 Å². The molecule has 106 valence electrons. The molecule has 1 aromatic rings. The van der Waals surface area contributed by atoms with Crippen molar-refractivity contribution in [2.75, 3.05) is 13.1 Å². The van der Waals surface area contributed by atoms with E-state index in [0.29, 0.717) is 15.6 Å². The van der Waals surface area contributed by atoms with Gasteiger partial charge in [-0.2, -0.15) is 0 Å². The van der Waals surface area contributed by atoms with Crippen LogP contribution in [-0.4, -0.2) is 29.8 Å². The summed E-state index contributed by atoms with van der Waals surface area (Å²) >= 11 is 12.0. The molecule has 1 aromatic carbocycles. The van der Waals surface area contributed by atoms with Gasteiger partial charge in [0.05, 0.1) is 11.1 Å². The second kappa shape index (κ2) is 7.88. The van der Waals surface area contributed by atoms with E-state index < -0.39 is 0 Å². The zero-order valence-corrected chi connectivity index (χ0v) is 13.3. The Morgan fingerprint density at radius 3 is 2.26 bits per heavy atom. The highest BCUT2D eigenvalue weighted by molar-refractivity contribution is 6.37. The van der Waals surface area contributed by atoms with Gasteiger partial charge in [0, 0.05) is 10.6 Å². The van der Waals surface area contributed by atoms with Gasteiger partial charge in [-0.1, -0.05) is 37.0 Å². The van der Waals surface area contributed by atoms with Crippen LogP contribution in [0.2, 0.25) is 10.0 Å². The van der Waals surface area contributed by atoms with Crippen molar-refractivity contribution in [1.82, 2.24) is 4.90 Å².